The van der Waals surface area contributed by atoms with E-state index in [0.29, 0.717) is 5.92 Å². The first-order valence-electron chi connectivity index (χ1n) is 6.21. The molecule has 96 valence electrons. The lowest BCUT2D eigenvalue weighted by molar-refractivity contribution is 0.980. The van der Waals surface area contributed by atoms with Gasteiger partial charge >= 0.3 is 0 Å². The summed E-state index contributed by atoms with van der Waals surface area (Å²) >= 11 is 0. The number of aromatic nitrogens is 1. The third-order valence-corrected chi connectivity index (χ3v) is 3.29. The number of pyridine rings is 1. The lowest BCUT2D eigenvalue weighted by Crippen LogP contribution is -2.06. The van der Waals surface area contributed by atoms with E-state index >= 15 is 0 Å². The molecule has 2 heteroatoms. The smallest absolute Gasteiger partial charge is 0.0300 e. The molecule has 0 saturated heterocycles. The van der Waals surface area contributed by atoms with Gasteiger partial charge in [0, 0.05) is 30.2 Å². The molecule has 0 fully saturated rings. The Labute approximate surface area is 110 Å². The van der Waals surface area contributed by atoms with Crippen molar-refractivity contribution in [3.05, 3.63) is 53.5 Å². The molecule has 0 N–H and O–H groups in total. The topological polar surface area (TPSA) is 25.2 Å². The lowest BCUT2D eigenvalue weighted by atomic mass is 9.94. The Morgan fingerprint density at radius 2 is 2.06 bits per heavy atom. The first kappa shape index (κ1) is 14.4. The maximum Gasteiger partial charge on any atom is 0.0300 e. The summed E-state index contributed by atoms with van der Waals surface area (Å²) in [6.45, 7) is 14.2. The highest BCUT2D eigenvalue weighted by atomic mass is 14.7. The van der Waals surface area contributed by atoms with E-state index in [1.807, 2.05) is 32.4 Å². The van der Waals surface area contributed by atoms with Gasteiger partial charge in [0.1, 0.15) is 0 Å². The predicted molar refractivity (Wildman–Crippen MR) is 79.1 cm³/mol. The van der Waals surface area contributed by atoms with Crippen LogP contribution >= 0.6 is 0 Å². The van der Waals surface area contributed by atoms with Crippen LogP contribution in [-0.4, -0.2) is 10.7 Å². The molecule has 1 unspecified atom stereocenters. The van der Waals surface area contributed by atoms with Crippen molar-refractivity contribution in [2.24, 2.45) is 4.99 Å². The Morgan fingerprint density at radius 3 is 2.61 bits per heavy atom. The van der Waals surface area contributed by atoms with Gasteiger partial charge in [-0.1, -0.05) is 19.1 Å². The fraction of sp³-hybridized carbons (Fsp3) is 0.375. The molecule has 1 aromatic heterocycles. The molecule has 1 heterocycles. The van der Waals surface area contributed by atoms with Gasteiger partial charge in [0.15, 0.2) is 0 Å². The molecule has 2 nitrogen and oxygen atoms in total. The van der Waals surface area contributed by atoms with Crippen molar-refractivity contribution < 1.29 is 0 Å². The molecule has 1 rings (SSSR count). The summed E-state index contributed by atoms with van der Waals surface area (Å²) in [5.41, 5.74) is 5.77. The van der Waals surface area contributed by atoms with Crippen molar-refractivity contribution in [2.75, 3.05) is 0 Å². The summed E-state index contributed by atoms with van der Waals surface area (Å²) < 4.78 is 0. The Hall–Kier alpha value is -1.70. The minimum atomic E-state index is 0.308. The van der Waals surface area contributed by atoms with Crippen molar-refractivity contribution in [1.82, 2.24) is 4.98 Å². The molecule has 0 saturated carbocycles. The minimum absolute atomic E-state index is 0.308. The Bertz CT molecular complexity index is 496. The first-order valence-corrected chi connectivity index (χ1v) is 6.21. The fourth-order valence-electron chi connectivity index (χ4n) is 1.62. The van der Waals surface area contributed by atoms with Crippen molar-refractivity contribution in [1.29, 1.82) is 0 Å². The second-order valence-electron chi connectivity index (χ2n) is 4.82. The van der Waals surface area contributed by atoms with E-state index < -0.39 is 0 Å². The standard InChI is InChI=1S/C16H22N2/c1-11(2)12(3)10-18-15(6)14(5)16-7-8-17-9-13(16)4/h7-10,14H,1H2,2-6H3/b12-10-,18-15+. The molecule has 1 atom stereocenters. The average molecular weight is 242 g/mol. The third kappa shape index (κ3) is 3.66. The molecular formula is C16H22N2. The van der Waals surface area contributed by atoms with Crippen molar-refractivity contribution in [3.8, 4) is 0 Å². The van der Waals surface area contributed by atoms with Crippen LogP contribution in [-0.2, 0) is 0 Å². The van der Waals surface area contributed by atoms with E-state index in [1.165, 1.54) is 11.1 Å². The molecule has 0 amide bonds. The average Bonchev–Trinajstić information content (AvgIpc) is 2.35. The van der Waals surface area contributed by atoms with Crippen LogP contribution in [0.1, 0.15) is 44.7 Å². The zero-order chi connectivity index (χ0) is 13.7. The molecule has 1 aromatic rings. The quantitative estimate of drug-likeness (QED) is 0.566. The molecule has 0 spiro atoms. The SMILES string of the molecule is C=C(C)/C(C)=C\N=C(/C)C(C)c1ccncc1C. The van der Waals surface area contributed by atoms with Gasteiger partial charge in [-0.25, -0.2) is 0 Å². The van der Waals surface area contributed by atoms with Crippen LogP contribution in [0.5, 0.6) is 0 Å². The molecule has 0 aromatic carbocycles. The summed E-state index contributed by atoms with van der Waals surface area (Å²) in [7, 11) is 0. The van der Waals surface area contributed by atoms with Gasteiger partial charge in [0.05, 0.1) is 0 Å². The van der Waals surface area contributed by atoms with Crippen LogP contribution in [0.25, 0.3) is 0 Å². The zero-order valence-electron chi connectivity index (χ0n) is 12.0. The summed E-state index contributed by atoms with van der Waals surface area (Å²) in [5, 5.41) is 0. The van der Waals surface area contributed by atoms with Gasteiger partial charge in [-0.2, -0.15) is 0 Å². The van der Waals surface area contributed by atoms with E-state index in [-0.39, 0.29) is 0 Å². The molecule has 0 radical (unpaired) electrons. The molecule has 18 heavy (non-hydrogen) atoms. The van der Waals surface area contributed by atoms with Crippen LogP contribution in [0, 0.1) is 6.92 Å². The van der Waals surface area contributed by atoms with Gasteiger partial charge < -0.3 is 0 Å². The summed E-state index contributed by atoms with van der Waals surface area (Å²) in [4.78, 5) is 8.66. The summed E-state index contributed by atoms with van der Waals surface area (Å²) in [6.07, 6.45) is 5.62. The largest absolute Gasteiger partial charge is 0.265 e. The number of aryl methyl sites for hydroxylation is 1. The minimum Gasteiger partial charge on any atom is -0.265 e. The number of hydrogen-bond donors (Lipinski definition) is 0. The Balaban J connectivity index is 2.95. The van der Waals surface area contributed by atoms with Crippen LogP contribution < -0.4 is 0 Å². The van der Waals surface area contributed by atoms with E-state index in [1.54, 1.807) is 0 Å². The number of allylic oxidation sites excluding steroid dienone is 2. The number of rotatable bonds is 4. The van der Waals surface area contributed by atoms with E-state index in [2.05, 4.69) is 43.4 Å². The molecule has 0 bridgehead atoms. The van der Waals surface area contributed by atoms with Crippen LogP contribution in [0.2, 0.25) is 0 Å². The normalized spacial score (nSPS) is 14.5. The number of nitrogens with zero attached hydrogens (tertiary/aromatic N) is 2. The molecular weight excluding hydrogens is 220 g/mol. The highest BCUT2D eigenvalue weighted by Crippen LogP contribution is 2.20. The second kappa shape index (κ2) is 6.29. The maximum absolute atomic E-state index is 4.54. The van der Waals surface area contributed by atoms with Crippen molar-refractivity contribution in [3.63, 3.8) is 0 Å². The molecule has 0 aliphatic heterocycles. The second-order valence-corrected chi connectivity index (χ2v) is 4.82. The van der Waals surface area contributed by atoms with Gasteiger partial charge in [-0.3, -0.25) is 9.98 Å². The Morgan fingerprint density at radius 1 is 1.39 bits per heavy atom. The molecule has 0 aliphatic carbocycles. The Kier molecular flexibility index (Phi) is 5.02. The summed E-state index contributed by atoms with van der Waals surface area (Å²) in [6, 6.07) is 2.06. The van der Waals surface area contributed by atoms with Gasteiger partial charge in [-0.15, -0.1) is 0 Å². The number of hydrogen-bond acceptors (Lipinski definition) is 2. The predicted octanol–water partition coefficient (Wildman–Crippen LogP) is 4.43. The van der Waals surface area contributed by atoms with Crippen molar-refractivity contribution >= 4 is 5.71 Å². The van der Waals surface area contributed by atoms with E-state index in [4.69, 9.17) is 0 Å². The third-order valence-electron chi connectivity index (χ3n) is 3.29. The van der Waals surface area contributed by atoms with E-state index in [9.17, 15) is 0 Å². The van der Waals surface area contributed by atoms with Gasteiger partial charge in [-0.05, 0) is 50.5 Å². The zero-order valence-corrected chi connectivity index (χ0v) is 12.0. The van der Waals surface area contributed by atoms with E-state index in [0.717, 1.165) is 16.9 Å². The summed E-state index contributed by atoms with van der Waals surface area (Å²) in [5.74, 6) is 0.308. The molecule has 0 aliphatic rings. The van der Waals surface area contributed by atoms with Crippen molar-refractivity contribution in [2.45, 2.75) is 40.5 Å². The van der Waals surface area contributed by atoms with Crippen LogP contribution in [0.15, 0.2) is 47.4 Å². The lowest BCUT2D eigenvalue weighted by Gasteiger charge is -2.13. The van der Waals surface area contributed by atoms with Gasteiger partial charge in [0.2, 0.25) is 0 Å². The monoisotopic (exact) mass is 242 g/mol. The fourth-order valence-corrected chi connectivity index (χ4v) is 1.62. The van der Waals surface area contributed by atoms with Gasteiger partial charge in [0.25, 0.3) is 0 Å². The highest BCUT2D eigenvalue weighted by molar-refractivity contribution is 5.89. The first-order chi connectivity index (χ1) is 8.43. The van der Waals surface area contributed by atoms with Crippen LogP contribution in [0.4, 0.5) is 0 Å². The van der Waals surface area contributed by atoms with Crippen LogP contribution in [0.3, 0.4) is 0 Å². The highest BCUT2D eigenvalue weighted by Gasteiger charge is 2.10. The number of aliphatic imine (C=N–C) groups is 1. The maximum atomic E-state index is 4.54.